The second-order valence-corrected chi connectivity index (χ2v) is 6.01. The van der Waals surface area contributed by atoms with Gasteiger partial charge in [-0.3, -0.25) is 9.59 Å². The summed E-state index contributed by atoms with van der Waals surface area (Å²) in [5.74, 6) is 1.33. The molecule has 2 aliphatic rings. The molecule has 1 aromatic carbocycles. The maximum Gasteiger partial charge on any atom is 0.262 e. The molecule has 0 radical (unpaired) electrons. The molecule has 1 fully saturated rings. The van der Waals surface area contributed by atoms with Crippen LogP contribution in [-0.4, -0.2) is 18.3 Å². The minimum Gasteiger partial charge on any atom is -0.482 e. The molecule has 0 bridgehead atoms. The zero-order valence-corrected chi connectivity index (χ0v) is 12.2. The summed E-state index contributed by atoms with van der Waals surface area (Å²) in [5.41, 5.74) is 1.27. The summed E-state index contributed by atoms with van der Waals surface area (Å²) >= 11 is 0. The standard InChI is InChI=1S/C17H21NO3/c19-15(8-6-12-4-2-1-3-5-12)13-7-9-16-14(10-13)18-17(20)11-21-16/h7,9-10,12H,1-6,8,11H2,(H,18,20). The summed E-state index contributed by atoms with van der Waals surface area (Å²) in [7, 11) is 0. The fraction of sp³-hybridized carbons (Fsp3) is 0.529. The third-order valence-electron chi connectivity index (χ3n) is 4.44. The number of rotatable bonds is 4. The summed E-state index contributed by atoms with van der Waals surface area (Å²) < 4.78 is 5.30. The Balaban J connectivity index is 1.61. The molecular weight excluding hydrogens is 266 g/mol. The van der Waals surface area contributed by atoms with E-state index in [1.54, 1.807) is 18.2 Å². The molecule has 0 unspecified atom stereocenters. The first-order chi connectivity index (χ1) is 10.2. The number of benzene rings is 1. The fourth-order valence-corrected chi connectivity index (χ4v) is 3.21. The molecule has 1 saturated carbocycles. The van der Waals surface area contributed by atoms with Crippen LogP contribution in [0.25, 0.3) is 0 Å². The average Bonchev–Trinajstić information content (AvgIpc) is 2.53. The van der Waals surface area contributed by atoms with E-state index in [4.69, 9.17) is 4.74 Å². The van der Waals surface area contributed by atoms with E-state index in [0.717, 1.165) is 6.42 Å². The first-order valence-electron chi connectivity index (χ1n) is 7.82. The molecule has 1 aromatic rings. The van der Waals surface area contributed by atoms with Crippen molar-refractivity contribution >= 4 is 17.4 Å². The van der Waals surface area contributed by atoms with E-state index >= 15 is 0 Å². The number of fused-ring (bicyclic) bond motifs is 1. The molecule has 0 saturated heterocycles. The Morgan fingerprint density at radius 2 is 2.05 bits per heavy atom. The molecule has 4 nitrogen and oxygen atoms in total. The molecule has 1 heterocycles. The fourth-order valence-electron chi connectivity index (χ4n) is 3.21. The summed E-state index contributed by atoms with van der Waals surface area (Å²) in [5, 5.41) is 2.74. The van der Waals surface area contributed by atoms with Gasteiger partial charge < -0.3 is 10.1 Å². The molecule has 3 rings (SSSR count). The van der Waals surface area contributed by atoms with Crippen LogP contribution in [0.15, 0.2) is 18.2 Å². The van der Waals surface area contributed by atoms with Gasteiger partial charge in [-0.2, -0.15) is 0 Å². The lowest BCUT2D eigenvalue weighted by Crippen LogP contribution is -2.25. The number of hydrogen-bond acceptors (Lipinski definition) is 3. The van der Waals surface area contributed by atoms with E-state index in [1.165, 1.54) is 32.1 Å². The number of ketones is 1. The highest BCUT2D eigenvalue weighted by Crippen LogP contribution is 2.30. The van der Waals surface area contributed by atoms with Gasteiger partial charge in [0.15, 0.2) is 12.4 Å². The van der Waals surface area contributed by atoms with Crippen molar-refractivity contribution in [2.75, 3.05) is 11.9 Å². The molecule has 0 aromatic heterocycles. The zero-order chi connectivity index (χ0) is 14.7. The second-order valence-electron chi connectivity index (χ2n) is 6.01. The number of anilines is 1. The van der Waals surface area contributed by atoms with Crippen LogP contribution >= 0.6 is 0 Å². The lowest BCUT2D eigenvalue weighted by Gasteiger charge is -2.21. The average molecular weight is 287 g/mol. The smallest absolute Gasteiger partial charge is 0.262 e. The van der Waals surface area contributed by atoms with Gasteiger partial charge >= 0.3 is 0 Å². The molecule has 1 N–H and O–H groups in total. The van der Waals surface area contributed by atoms with E-state index in [-0.39, 0.29) is 18.3 Å². The first-order valence-corrected chi connectivity index (χ1v) is 7.82. The topological polar surface area (TPSA) is 55.4 Å². The van der Waals surface area contributed by atoms with Crippen LogP contribution in [-0.2, 0) is 4.79 Å². The Hall–Kier alpha value is -1.84. The SMILES string of the molecule is O=C1COc2ccc(C(=O)CCC3CCCCC3)cc2N1. The largest absolute Gasteiger partial charge is 0.482 e. The summed E-state index contributed by atoms with van der Waals surface area (Å²) in [4.78, 5) is 23.6. The van der Waals surface area contributed by atoms with Gasteiger partial charge in [-0.25, -0.2) is 0 Å². The number of carbonyl (C=O) groups is 2. The number of amides is 1. The highest BCUT2D eigenvalue weighted by atomic mass is 16.5. The molecular formula is C17H21NO3. The monoisotopic (exact) mass is 287 g/mol. The molecule has 0 atom stereocenters. The lowest BCUT2D eigenvalue weighted by molar-refractivity contribution is -0.118. The van der Waals surface area contributed by atoms with Crippen LogP contribution in [0.4, 0.5) is 5.69 Å². The Kier molecular flexibility index (Phi) is 4.23. The molecule has 1 aliphatic heterocycles. The second kappa shape index (κ2) is 6.29. The van der Waals surface area contributed by atoms with Crippen molar-refractivity contribution in [3.05, 3.63) is 23.8 Å². The third kappa shape index (κ3) is 3.43. The maximum atomic E-state index is 12.3. The van der Waals surface area contributed by atoms with Gasteiger partial charge in [-0.05, 0) is 30.5 Å². The minimum atomic E-state index is -0.172. The van der Waals surface area contributed by atoms with Crippen LogP contribution < -0.4 is 10.1 Å². The quantitative estimate of drug-likeness (QED) is 0.861. The Labute approximate surface area is 124 Å². The zero-order valence-electron chi connectivity index (χ0n) is 12.2. The molecule has 21 heavy (non-hydrogen) atoms. The summed E-state index contributed by atoms with van der Waals surface area (Å²) in [6.45, 7) is 0.0436. The van der Waals surface area contributed by atoms with Crippen molar-refractivity contribution < 1.29 is 14.3 Å². The predicted molar refractivity (Wildman–Crippen MR) is 80.7 cm³/mol. The number of nitrogens with one attached hydrogen (secondary N) is 1. The van der Waals surface area contributed by atoms with Gasteiger partial charge in [0.2, 0.25) is 0 Å². The normalized spacial score (nSPS) is 18.6. The van der Waals surface area contributed by atoms with Crippen LogP contribution in [0.2, 0.25) is 0 Å². The van der Waals surface area contributed by atoms with Crippen LogP contribution in [0, 0.1) is 5.92 Å². The Morgan fingerprint density at radius 3 is 2.86 bits per heavy atom. The summed E-state index contributed by atoms with van der Waals surface area (Å²) in [6, 6.07) is 5.29. The molecule has 112 valence electrons. The lowest BCUT2D eigenvalue weighted by atomic mass is 9.85. The molecule has 0 spiro atoms. The van der Waals surface area contributed by atoms with Crippen molar-refractivity contribution in [2.45, 2.75) is 44.9 Å². The van der Waals surface area contributed by atoms with E-state index in [2.05, 4.69) is 5.32 Å². The van der Waals surface area contributed by atoms with E-state index < -0.39 is 0 Å². The number of carbonyl (C=O) groups excluding carboxylic acids is 2. The van der Waals surface area contributed by atoms with Gasteiger partial charge in [0.05, 0.1) is 5.69 Å². The molecule has 1 amide bonds. The highest BCUT2D eigenvalue weighted by molar-refractivity contribution is 6.00. The molecule has 4 heteroatoms. The molecule has 1 aliphatic carbocycles. The third-order valence-corrected chi connectivity index (χ3v) is 4.44. The number of hydrogen-bond donors (Lipinski definition) is 1. The maximum absolute atomic E-state index is 12.3. The van der Waals surface area contributed by atoms with E-state index in [1.807, 2.05) is 0 Å². The highest BCUT2D eigenvalue weighted by Gasteiger charge is 2.19. The Morgan fingerprint density at radius 1 is 1.24 bits per heavy atom. The van der Waals surface area contributed by atoms with Crippen molar-refractivity contribution in [1.29, 1.82) is 0 Å². The van der Waals surface area contributed by atoms with Crippen molar-refractivity contribution in [3.8, 4) is 5.75 Å². The first kappa shape index (κ1) is 14.1. The van der Waals surface area contributed by atoms with Crippen LogP contribution in [0.1, 0.15) is 55.3 Å². The van der Waals surface area contributed by atoms with Gasteiger partial charge in [0.1, 0.15) is 5.75 Å². The van der Waals surface area contributed by atoms with Crippen molar-refractivity contribution in [2.24, 2.45) is 5.92 Å². The Bertz CT molecular complexity index is 547. The summed E-state index contributed by atoms with van der Waals surface area (Å²) in [6.07, 6.45) is 8.07. The van der Waals surface area contributed by atoms with Crippen LogP contribution in [0.5, 0.6) is 5.75 Å². The van der Waals surface area contributed by atoms with Gasteiger partial charge in [0.25, 0.3) is 5.91 Å². The van der Waals surface area contributed by atoms with Gasteiger partial charge in [-0.1, -0.05) is 32.1 Å². The van der Waals surface area contributed by atoms with Gasteiger partial charge in [0, 0.05) is 12.0 Å². The predicted octanol–water partition coefficient (Wildman–Crippen LogP) is 3.56. The number of Topliss-reactive ketones (excluding diaryl/α,β-unsaturated/α-hetero) is 1. The minimum absolute atomic E-state index is 0.0436. The van der Waals surface area contributed by atoms with Crippen molar-refractivity contribution in [3.63, 3.8) is 0 Å². The van der Waals surface area contributed by atoms with Crippen molar-refractivity contribution in [1.82, 2.24) is 0 Å². The van der Waals surface area contributed by atoms with Crippen LogP contribution in [0.3, 0.4) is 0 Å². The van der Waals surface area contributed by atoms with E-state index in [0.29, 0.717) is 29.3 Å². The van der Waals surface area contributed by atoms with E-state index in [9.17, 15) is 9.59 Å². The van der Waals surface area contributed by atoms with Gasteiger partial charge in [-0.15, -0.1) is 0 Å². The number of ether oxygens (including phenoxy) is 1.